The number of aliphatic imine (C=N–C) groups is 1. The monoisotopic (exact) mass is 483 g/mol. The first-order valence-corrected chi connectivity index (χ1v) is 12.7. The Hall–Kier alpha value is -2.99. The Kier molecular flexibility index (Phi) is 7.14. The average molecular weight is 484 g/mol. The number of sulfonamides is 2. The largest absolute Gasteiger partial charge is 0.465 e. The van der Waals surface area contributed by atoms with Gasteiger partial charge in [0.1, 0.15) is 16.5 Å². The van der Waals surface area contributed by atoms with E-state index in [0.29, 0.717) is 18.8 Å². The number of amidine groups is 1. The molecule has 0 amide bonds. The van der Waals surface area contributed by atoms with Crippen molar-refractivity contribution in [2.24, 2.45) is 4.99 Å². The summed E-state index contributed by atoms with van der Waals surface area (Å²) in [7, 11) is -7.17. The molecule has 0 spiro atoms. The third-order valence-electron chi connectivity index (χ3n) is 4.69. The van der Waals surface area contributed by atoms with Gasteiger partial charge in [-0.05, 0) is 55.3 Å². The van der Waals surface area contributed by atoms with Gasteiger partial charge in [-0.1, -0.05) is 6.42 Å². The highest BCUT2D eigenvalue weighted by Gasteiger charge is 2.23. The average Bonchev–Trinajstić information content (AvgIpc) is 3.01. The summed E-state index contributed by atoms with van der Waals surface area (Å²) in [5.41, 5.74) is -0.123. The molecule has 32 heavy (non-hydrogen) atoms. The van der Waals surface area contributed by atoms with Crippen LogP contribution in [0.1, 0.15) is 36.0 Å². The number of nitrogens with zero attached hydrogens (tertiary/aromatic N) is 1. The summed E-state index contributed by atoms with van der Waals surface area (Å²) < 4.78 is 73.7. The molecule has 0 saturated heterocycles. The molecule has 0 aromatic heterocycles. The molecule has 3 rings (SSSR count). The number of carbonyl (C=O) groups excluding carboxylic acids is 1. The Bertz CT molecular complexity index is 1240. The van der Waals surface area contributed by atoms with Crippen LogP contribution in [0, 0.1) is 5.82 Å². The maximum atomic E-state index is 14.1. The van der Waals surface area contributed by atoms with E-state index >= 15 is 0 Å². The number of esters is 1. The fourth-order valence-corrected chi connectivity index (χ4v) is 5.29. The summed E-state index contributed by atoms with van der Waals surface area (Å²) in [5, 5.41) is 0. The first kappa shape index (κ1) is 23.7. The van der Waals surface area contributed by atoms with Crippen LogP contribution in [0.3, 0.4) is 0 Å². The van der Waals surface area contributed by atoms with Crippen molar-refractivity contribution >= 4 is 37.5 Å². The third-order valence-corrected chi connectivity index (χ3v) is 7.48. The van der Waals surface area contributed by atoms with E-state index in [1.807, 2.05) is 0 Å². The predicted molar refractivity (Wildman–Crippen MR) is 116 cm³/mol. The van der Waals surface area contributed by atoms with Gasteiger partial charge in [-0.3, -0.25) is 14.4 Å². The van der Waals surface area contributed by atoms with Crippen LogP contribution < -0.4 is 9.44 Å². The van der Waals surface area contributed by atoms with E-state index in [4.69, 9.17) is 0 Å². The molecule has 2 aromatic carbocycles. The van der Waals surface area contributed by atoms with Gasteiger partial charge in [0.2, 0.25) is 0 Å². The van der Waals surface area contributed by atoms with E-state index in [1.165, 1.54) is 24.3 Å². The topological polar surface area (TPSA) is 131 Å². The molecule has 0 fully saturated rings. The van der Waals surface area contributed by atoms with Crippen LogP contribution in [0.4, 0.5) is 10.1 Å². The van der Waals surface area contributed by atoms with Crippen molar-refractivity contribution < 1.29 is 30.8 Å². The smallest absolute Gasteiger partial charge is 0.337 e. The van der Waals surface area contributed by atoms with Gasteiger partial charge in [-0.25, -0.2) is 26.0 Å². The van der Waals surface area contributed by atoms with Crippen molar-refractivity contribution in [2.45, 2.75) is 35.5 Å². The van der Waals surface area contributed by atoms with Gasteiger partial charge >= 0.3 is 5.97 Å². The number of benzene rings is 2. The van der Waals surface area contributed by atoms with Gasteiger partial charge in [0, 0.05) is 18.7 Å². The molecule has 2 aromatic rings. The normalized spacial score (nSPS) is 14.8. The Morgan fingerprint density at radius 1 is 0.969 bits per heavy atom. The molecule has 0 bridgehead atoms. The molecule has 0 unspecified atom stereocenters. The molecule has 2 N–H and O–H groups in total. The van der Waals surface area contributed by atoms with Crippen molar-refractivity contribution in [3.05, 3.63) is 53.8 Å². The van der Waals surface area contributed by atoms with E-state index in [-0.39, 0.29) is 16.1 Å². The molecule has 0 radical (unpaired) electrons. The zero-order chi connectivity index (χ0) is 23.4. The SMILES string of the molecule is COC(=O)c1ccc(F)c(S(=O)(=O)Nc2ccc(S(=O)(=O)NC3=NCCCCC3)cc2)c1. The Labute approximate surface area is 185 Å². The van der Waals surface area contributed by atoms with Gasteiger partial charge in [-0.15, -0.1) is 0 Å². The van der Waals surface area contributed by atoms with Crippen molar-refractivity contribution in [3.63, 3.8) is 0 Å². The van der Waals surface area contributed by atoms with E-state index in [1.54, 1.807) is 0 Å². The van der Waals surface area contributed by atoms with Gasteiger partial charge in [0.05, 0.1) is 17.6 Å². The third kappa shape index (κ3) is 5.62. The number of halogens is 1. The van der Waals surface area contributed by atoms with Gasteiger partial charge in [0.15, 0.2) is 0 Å². The molecular formula is C20H22FN3O6S2. The number of ether oxygens (including phenoxy) is 1. The van der Waals surface area contributed by atoms with E-state index in [2.05, 4.69) is 19.2 Å². The summed E-state index contributed by atoms with van der Waals surface area (Å²) in [4.78, 5) is 15.0. The van der Waals surface area contributed by atoms with Crippen molar-refractivity contribution in [3.8, 4) is 0 Å². The highest BCUT2D eigenvalue weighted by molar-refractivity contribution is 7.92. The van der Waals surface area contributed by atoms with Crippen LogP contribution in [0.25, 0.3) is 0 Å². The second-order valence-electron chi connectivity index (χ2n) is 7.01. The first-order valence-electron chi connectivity index (χ1n) is 9.69. The van der Waals surface area contributed by atoms with Gasteiger partial charge < -0.3 is 4.74 Å². The van der Waals surface area contributed by atoms with Crippen molar-refractivity contribution in [1.29, 1.82) is 0 Å². The van der Waals surface area contributed by atoms with E-state index < -0.39 is 36.7 Å². The second-order valence-corrected chi connectivity index (χ2v) is 10.3. The number of hydrogen-bond acceptors (Lipinski definition) is 7. The lowest BCUT2D eigenvalue weighted by Gasteiger charge is -2.12. The lowest BCUT2D eigenvalue weighted by Crippen LogP contribution is -2.30. The second kappa shape index (κ2) is 9.65. The van der Waals surface area contributed by atoms with Crippen LogP contribution in [0.5, 0.6) is 0 Å². The van der Waals surface area contributed by atoms with Crippen LogP contribution in [0.2, 0.25) is 0 Å². The number of anilines is 1. The molecule has 1 aliphatic heterocycles. The standard InChI is InChI=1S/C20H22FN3O6S2/c1-30-20(25)14-6-11-17(21)18(13-14)32(28,29)23-15-7-9-16(10-8-15)31(26,27)24-19-5-3-2-4-12-22-19/h6-11,13,23H,2-5,12H2,1H3,(H,22,24). The Balaban J connectivity index is 1.79. The van der Waals surface area contributed by atoms with Crippen molar-refractivity contribution in [2.75, 3.05) is 18.4 Å². The fraction of sp³-hybridized carbons (Fsp3) is 0.300. The quantitative estimate of drug-likeness (QED) is 0.608. The lowest BCUT2D eigenvalue weighted by molar-refractivity contribution is 0.0600. The van der Waals surface area contributed by atoms with Crippen LogP contribution in [-0.4, -0.2) is 42.3 Å². The molecular weight excluding hydrogens is 461 g/mol. The van der Waals surface area contributed by atoms with Crippen LogP contribution >= 0.6 is 0 Å². The van der Waals surface area contributed by atoms with Crippen molar-refractivity contribution in [1.82, 2.24) is 4.72 Å². The predicted octanol–water partition coefficient (Wildman–Crippen LogP) is 2.66. The Morgan fingerprint density at radius 2 is 1.69 bits per heavy atom. The molecule has 9 nitrogen and oxygen atoms in total. The minimum absolute atomic E-state index is 0.0126. The van der Waals surface area contributed by atoms with E-state index in [9.17, 15) is 26.0 Å². The summed E-state index contributed by atoms with van der Waals surface area (Å²) in [6.07, 6.45) is 3.26. The zero-order valence-corrected chi connectivity index (χ0v) is 18.8. The molecule has 0 aliphatic carbocycles. The summed E-state index contributed by atoms with van der Waals surface area (Å²) >= 11 is 0. The molecule has 0 atom stereocenters. The molecule has 1 aliphatic rings. The van der Waals surface area contributed by atoms with Crippen LogP contribution in [0.15, 0.2) is 57.2 Å². The molecule has 12 heteroatoms. The fourth-order valence-electron chi connectivity index (χ4n) is 3.04. The summed E-state index contributed by atoms with van der Waals surface area (Å²) in [6.45, 7) is 0.562. The minimum Gasteiger partial charge on any atom is -0.465 e. The van der Waals surface area contributed by atoms with Gasteiger partial charge in [-0.2, -0.15) is 0 Å². The number of methoxy groups -OCH3 is 1. The molecule has 0 saturated carbocycles. The molecule has 1 heterocycles. The van der Waals surface area contributed by atoms with E-state index in [0.717, 1.165) is 44.6 Å². The number of carbonyl (C=O) groups is 1. The maximum Gasteiger partial charge on any atom is 0.337 e. The summed E-state index contributed by atoms with van der Waals surface area (Å²) in [6, 6.07) is 7.73. The maximum absolute atomic E-state index is 14.1. The highest BCUT2D eigenvalue weighted by Crippen LogP contribution is 2.22. The highest BCUT2D eigenvalue weighted by atomic mass is 32.2. The zero-order valence-electron chi connectivity index (χ0n) is 17.2. The first-order chi connectivity index (χ1) is 15.1. The number of hydrogen-bond donors (Lipinski definition) is 2. The number of rotatable bonds is 6. The van der Waals surface area contributed by atoms with Crippen LogP contribution in [-0.2, 0) is 24.8 Å². The Morgan fingerprint density at radius 3 is 2.38 bits per heavy atom. The summed E-state index contributed by atoms with van der Waals surface area (Å²) in [5.74, 6) is -1.48. The van der Waals surface area contributed by atoms with Gasteiger partial charge in [0.25, 0.3) is 20.0 Å². The minimum atomic E-state index is -4.40. The molecule has 172 valence electrons. The number of nitrogens with one attached hydrogen (secondary N) is 2. The lowest BCUT2D eigenvalue weighted by atomic mass is 10.2.